The molecule has 0 unspecified atom stereocenters. The lowest BCUT2D eigenvalue weighted by Crippen LogP contribution is -2.20. The Kier molecular flexibility index (Phi) is 5.70. The maximum Gasteiger partial charge on any atom is 0.262 e. The summed E-state index contributed by atoms with van der Waals surface area (Å²) in [4.78, 5) is 13.0. The third-order valence-electron chi connectivity index (χ3n) is 2.80. The van der Waals surface area contributed by atoms with Crippen LogP contribution >= 0.6 is 27.7 Å². The Hall–Kier alpha value is -1.46. The molecule has 2 aromatic rings. The number of ether oxygens (including phenoxy) is 1. The van der Waals surface area contributed by atoms with E-state index in [1.165, 1.54) is 0 Å². The molecule has 0 atom stereocenters. The topological polar surface area (TPSA) is 38.3 Å². The summed E-state index contributed by atoms with van der Waals surface area (Å²) in [6.07, 6.45) is 2.00. The summed E-state index contributed by atoms with van der Waals surface area (Å²) in [5, 5.41) is 2.83. The van der Waals surface area contributed by atoms with E-state index < -0.39 is 0 Å². The lowest BCUT2D eigenvalue weighted by atomic mass is 10.2. The number of rotatable bonds is 5. The lowest BCUT2D eigenvalue weighted by molar-refractivity contribution is -0.118. The van der Waals surface area contributed by atoms with Crippen molar-refractivity contribution in [3.05, 3.63) is 52.5 Å². The molecule has 3 nitrogen and oxygen atoms in total. The number of hydrogen-bond acceptors (Lipinski definition) is 3. The van der Waals surface area contributed by atoms with Gasteiger partial charge in [-0.1, -0.05) is 12.1 Å². The Bertz CT molecular complexity index is 646. The zero-order chi connectivity index (χ0) is 15.2. The monoisotopic (exact) mass is 365 g/mol. The van der Waals surface area contributed by atoms with E-state index in [9.17, 15) is 4.79 Å². The number of aryl methyl sites for hydroxylation is 1. The van der Waals surface area contributed by atoms with Crippen LogP contribution < -0.4 is 10.1 Å². The van der Waals surface area contributed by atoms with Crippen LogP contribution in [0.4, 0.5) is 5.69 Å². The molecule has 0 aliphatic rings. The summed E-state index contributed by atoms with van der Waals surface area (Å²) in [6.45, 7) is 1.98. The van der Waals surface area contributed by atoms with Gasteiger partial charge in [0.2, 0.25) is 0 Å². The highest BCUT2D eigenvalue weighted by Crippen LogP contribution is 2.25. The first-order valence-electron chi connectivity index (χ1n) is 6.41. The third-order valence-corrected chi connectivity index (χ3v) is 4.14. The number of carbonyl (C=O) groups excluding carboxylic acids is 1. The van der Waals surface area contributed by atoms with Crippen molar-refractivity contribution < 1.29 is 9.53 Å². The average Bonchev–Trinajstić information content (AvgIpc) is 2.46. The number of amides is 1. The van der Waals surface area contributed by atoms with Gasteiger partial charge in [0, 0.05) is 10.6 Å². The van der Waals surface area contributed by atoms with Crippen molar-refractivity contribution in [3.63, 3.8) is 0 Å². The zero-order valence-corrected chi connectivity index (χ0v) is 14.3. The van der Waals surface area contributed by atoms with Gasteiger partial charge in [-0.2, -0.15) is 0 Å². The van der Waals surface area contributed by atoms with E-state index in [-0.39, 0.29) is 12.5 Å². The zero-order valence-electron chi connectivity index (χ0n) is 11.9. The summed E-state index contributed by atoms with van der Waals surface area (Å²) >= 11 is 5.06. The van der Waals surface area contributed by atoms with Gasteiger partial charge in [0.05, 0.1) is 4.47 Å². The molecule has 0 bridgehead atoms. The van der Waals surface area contributed by atoms with E-state index >= 15 is 0 Å². The van der Waals surface area contributed by atoms with Crippen molar-refractivity contribution in [2.75, 3.05) is 18.2 Å². The van der Waals surface area contributed by atoms with E-state index in [1.807, 2.05) is 55.6 Å². The fraction of sp³-hybridized carbons (Fsp3) is 0.188. The predicted molar refractivity (Wildman–Crippen MR) is 91.2 cm³/mol. The summed E-state index contributed by atoms with van der Waals surface area (Å²) in [5.41, 5.74) is 1.91. The van der Waals surface area contributed by atoms with Gasteiger partial charge in [-0.05, 0) is 65.0 Å². The average molecular weight is 366 g/mol. The van der Waals surface area contributed by atoms with Crippen molar-refractivity contribution in [2.24, 2.45) is 0 Å². The van der Waals surface area contributed by atoms with Crippen LogP contribution in [0.25, 0.3) is 0 Å². The minimum atomic E-state index is -0.180. The number of thioether (sulfide) groups is 1. The second-order valence-corrected chi connectivity index (χ2v) is 6.24. The van der Waals surface area contributed by atoms with Crippen LogP contribution in [0.15, 0.2) is 51.8 Å². The molecule has 0 heterocycles. The quantitative estimate of drug-likeness (QED) is 0.792. The summed E-state index contributed by atoms with van der Waals surface area (Å²) in [7, 11) is 0. The molecule has 1 amide bonds. The molecule has 21 heavy (non-hydrogen) atoms. The first-order valence-corrected chi connectivity index (χ1v) is 8.43. The van der Waals surface area contributed by atoms with Crippen LogP contribution in [0.3, 0.4) is 0 Å². The van der Waals surface area contributed by atoms with E-state index in [0.717, 1.165) is 20.6 Å². The van der Waals surface area contributed by atoms with E-state index in [2.05, 4.69) is 21.2 Å². The smallest absolute Gasteiger partial charge is 0.262 e. The minimum absolute atomic E-state index is 0.0227. The first-order chi connectivity index (χ1) is 10.1. The predicted octanol–water partition coefficient (Wildman–Crippen LogP) is 4.50. The van der Waals surface area contributed by atoms with Crippen molar-refractivity contribution in [3.8, 4) is 5.75 Å². The van der Waals surface area contributed by atoms with Gasteiger partial charge in [0.25, 0.3) is 5.91 Å². The molecule has 0 radical (unpaired) electrons. The molecule has 0 saturated carbocycles. The Labute approximate surface area is 137 Å². The molecule has 0 aliphatic carbocycles. The highest BCUT2D eigenvalue weighted by atomic mass is 79.9. The molecular formula is C16H16BrNO2S. The molecule has 2 aromatic carbocycles. The molecule has 0 saturated heterocycles. The molecule has 0 fully saturated rings. The normalized spacial score (nSPS) is 10.2. The van der Waals surface area contributed by atoms with Gasteiger partial charge < -0.3 is 10.1 Å². The SMILES string of the molecule is CSc1cccc(NC(=O)COc2ccc(C)cc2Br)c1. The van der Waals surface area contributed by atoms with Crippen molar-refractivity contribution >= 4 is 39.3 Å². The van der Waals surface area contributed by atoms with Crippen molar-refractivity contribution in [1.82, 2.24) is 0 Å². The minimum Gasteiger partial charge on any atom is -0.483 e. The van der Waals surface area contributed by atoms with Crippen molar-refractivity contribution in [1.29, 1.82) is 0 Å². The van der Waals surface area contributed by atoms with Crippen LogP contribution in [-0.2, 0) is 4.79 Å². The number of anilines is 1. The van der Waals surface area contributed by atoms with Gasteiger partial charge in [0.1, 0.15) is 5.75 Å². The molecule has 2 rings (SSSR count). The molecular weight excluding hydrogens is 350 g/mol. The van der Waals surface area contributed by atoms with Crippen LogP contribution in [0.2, 0.25) is 0 Å². The van der Waals surface area contributed by atoms with Gasteiger partial charge in [-0.25, -0.2) is 0 Å². The largest absolute Gasteiger partial charge is 0.483 e. The fourth-order valence-corrected chi connectivity index (χ4v) is 2.83. The number of halogens is 1. The molecule has 5 heteroatoms. The van der Waals surface area contributed by atoms with Crippen molar-refractivity contribution in [2.45, 2.75) is 11.8 Å². The number of nitrogens with one attached hydrogen (secondary N) is 1. The van der Waals surface area contributed by atoms with E-state index in [1.54, 1.807) is 11.8 Å². The molecule has 110 valence electrons. The third kappa shape index (κ3) is 4.79. The molecule has 1 N–H and O–H groups in total. The summed E-state index contributed by atoms with van der Waals surface area (Å²) < 4.78 is 6.37. The fourth-order valence-electron chi connectivity index (χ4n) is 1.76. The second kappa shape index (κ2) is 7.52. The van der Waals surface area contributed by atoms with Gasteiger partial charge in [0.15, 0.2) is 6.61 Å². The van der Waals surface area contributed by atoms with Gasteiger partial charge in [-0.3, -0.25) is 4.79 Å². The Morgan fingerprint density at radius 1 is 1.29 bits per heavy atom. The van der Waals surface area contributed by atoms with Crippen LogP contribution in [0.1, 0.15) is 5.56 Å². The summed E-state index contributed by atoms with van der Waals surface area (Å²) in [5.74, 6) is 0.481. The second-order valence-electron chi connectivity index (χ2n) is 4.50. The van der Waals surface area contributed by atoms with Crippen LogP contribution in [-0.4, -0.2) is 18.8 Å². The standard InChI is InChI=1S/C16H16BrNO2S/c1-11-6-7-15(14(17)8-11)20-10-16(19)18-12-4-3-5-13(9-12)21-2/h3-9H,10H2,1-2H3,(H,18,19). The number of hydrogen-bond donors (Lipinski definition) is 1. The summed E-state index contributed by atoms with van der Waals surface area (Å²) in [6, 6.07) is 13.5. The Balaban J connectivity index is 1.92. The molecule has 0 spiro atoms. The number of carbonyl (C=O) groups is 1. The van der Waals surface area contributed by atoms with Gasteiger partial charge in [-0.15, -0.1) is 11.8 Å². The highest BCUT2D eigenvalue weighted by Gasteiger charge is 2.06. The lowest BCUT2D eigenvalue weighted by Gasteiger charge is -2.10. The Morgan fingerprint density at radius 3 is 2.81 bits per heavy atom. The highest BCUT2D eigenvalue weighted by molar-refractivity contribution is 9.10. The van der Waals surface area contributed by atoms with E-state index in [4.69, 9.17) is 4.74 Å². The van der Waals surface area contributed by atoms with E-state index in [0.29, 0.717) is 5.75 Å². The Morgan fingerprint density at radius 2 is 2.10 bits per heavy atom. The maximum absolute atomic E-state index is 11.9. The first kappa shape index (κ1) is 15.9. The molecule has 0 aliphatic heterocycles. The van der Waals surface area contributed by atoms with Crippen LogP contribution in [0, 0.1) is 6.92 Å². The molecule has 0 aromatic heterocycles. The maximum atomic E-state index is 11.9. The number of benzene rings is 2. The van der Waals surface area contributed by atoms with Gasteiger partial charge >= 0.3 is 0 Å². The van der Waals surface area contributed by atoms with Crippen LogP contribution in [0.5, 0.6) is 5.75 Å².